The summed E-state index contributed by atoms with van der Waals surface area (Å²) in [7, 11) is 0. The third-order valence-electron chi connectivity index (χ3n) is 5.85. The van der Waals surface area contributed by atoms with Gasteiger partial charge in [-0.3, -0.25) is 0 Å². The van der Waals surface area contributed by atoms with E-state index < -0.39 is 0 Å². The first-order valence-corrected chi connectivity index (χ1v) is 9.48. The molecule has 132 valence electrons. The number of morpholine rings is 1. The van der Waals surface area contributed by atoms with Crippen LogP contribution in [0.2, 0.25) is 0 Å². The Balaban J connectivity index is 1.49. The van der Waals surface area contributed by atoms with Gasteiger partial charge in [-0.25, -0.2) is 4.79 Å². The van der Waals surface area contributed by atoms with Crippen molar-refractivity contribution in [3.63, 3.8) is 0 Å². The number of piperidine rings is 1. The molecule has 0 radical (unpaired) electrons. The Kier molecular flexibility index (Phi) is 5.47. The van der Waals surface area contributed by atoms with Gasteiger partial charge >= 0.3 is 6.03 Å². The zero-order valence-corrected chi connectivity index (χ0v) is 15.0. The Labute approximate surface area is 140 Å². The Morgan fingerprint density at radius 2 is 1.78 bits per heavy atom. The molecule has 23 heavy (non-hydrogen) atoms. The van der Waals surface area contributed by atoms with E-state index in [0.717, 1.165) is 12.6 Å². The number of hydrogen-bond donors (Lipinski definition) is 1. The van der Waals surface area contributed by atoms with Crippen molar-refractivity contribution in [3.8, 4) is 0 Å². The molecule has 0 bridgehead atoms. The highest BCUT2D eigenvalue weighted by molar-refractivity contribution is 5.74. The van der Waals surface area contributed by atoms with Crippen LogP contribution in [0.15, 0.2) is 0 Å². The zero-order chi connectivity index (χ0) is 16.4. The molecule has 5 heteroatoms. The number of carbonyl (C=O) groups excluding carboxylic acids is 1. The molecule has 0 aromatic heterocycles. The number of urea groups is 1. The van der Waals surface area contributed by atoms with Gasteiger partial charge in [0.05, 0.1) is 12.2 Å². The molecule has 5 nitrogen and oxygen atoms in total. The molecule has 0 aromatic carbocycles. The van der Waals surface area contributed by atoms with E-state index in [4.69, 9.17) is 4.74 Å². The average molecular weight is 323 g/mol. The molecule has 2 aliphatic heterocycles. The summed E-state index contributed by atoms with van der Waals surface area (Å²) in [6.45, 7) is 10.1. The molecule has 1 aliphatic carbocycles. The molecule has 0 spiro atoms. The highest BCUT2D eigenvalue weighted by Gasteiger charge is 2.33. The highest BCUT2D eigenvalue weighted by Crippen LogP contribution is 2.30. The maximum absolute atomic E-state index is 12.6. The maximum atomic E-state index is 12.6. The average Bonchev–Trinajstić information content (AvgIpc) is 2.44. The molecule has 1 N–H and O–H groups in total. The summed E-state index contributed by atoms with van der Waals surface area (Å²) in [5, 5.41) is 3.26. The van der Waals surface area contributed by atoms with Crippen LogP contribution in [0.3, 0.4) is 0 Å². The van der Waals surface area contributed by atoms with Crippen LogP contribution in [0, 0.1) is 5.92 Å². The lowest BCUT2D eigenvalue weighted by molar-refractivity contribution is -0.0550. The van der Waals surface area contributed by atoms with E-state index in [1.54, 1.807) is 0 Å². The third kappa shape index (κ3) is 4.18. The van der Waals surface area contributed by atoms with Crippen LogP contribution in [0.5, 0.6) is 0 Å². The van der Waals surface area contributed by atoms with E-state index >= 15 is 0 Å². The summed E-state index contributed by atoms with van der Waals surface area (Å²) < 4.78 is 5.72. The molecule has 3 aliphatic rings. The van der Waals surface area contributed by atoms with Gasteiger partial charge in [0.25, 0.3) is 0 Å². The monoisotopic (exact) mass is 323 g/mol. The van der Waals surface area contributed by atoms with Crippen molar-refractivity contribution >= 4 is 6.03 Å². The van der Waals surface area contributed by atoms with Crippen molar-refractivity contribution in [3.05, 3.63) is 0 Å². The molecule has 0 aromatic rings. The van der Waals surface area contributed by atoms with Crippen LogP contribution in [0.1, 0.15) is 52.9 Å². The lowest BCUT2D eigenvalue weighted by atomic mass is 9.85. The molecule has 0 unspecified atom stereocenters. The van der Waals surface area contributed by atoms with E-state index in [2.05, 4.69) is 17.1 Å². The molecule has 2 heterocycles. The van der Waals surface area contributed by atoms with Gasteiger partial charge in [-0.2, -0.15) is 0 Å². The van der Waals surface area contributed by atoms with E-state index in [-0.39, 0.29) is 24.3 Å². The summed E-state index contributed by atoms with van der Waals surface area (Å²) >= 11 is 0. The molecule has 3 rings (SSSR count). The number of ether oxygens (including phenoxy) is 1. The summed E-state index contributed by atoms with van der Waals surface area (Å²) in [6.07, 6.45) is 6.90. The Morgan fingerprint density at radius 3 is 2.39 bits per heavy atom. The number of likely N-dealkylation sites (tertiary alicyclic amines) is 1. The van der Waals surface area contributed by atoms with Gasteiger partial charge in [0.2, 0.25) is 0 Å². The fraction of sp³-hybridized carbons (Fsp3) is 0.944. The molecule has 2 saturated heterocycles. The number of amides is 2. The van der Waals surface area contributed by atoms with Gasteiger partial charge in [-0.1, -0.05) is 6.42 Å². The van der Waals surface area contributed by atoms with E-state index in [1.807, 2.05) is 18.7 Å². The second-order valence-corrected chi connectivity index (χ2v) is 7.88. The standard InChI is InChI=1S/C18H33N3O2/c1-13-10-21(11-14(2)23-13)18(22)19-15(3)16-6-5-9-20(12-16)17-7-4-8-17/h13-17H,4-12H2,1-3H3,(H,19,22)/t13-,14+,15-,16-/m1/s1. The van der Waals surface area contributed by atoms with Crippen LogP contribution >= 0.6 is 0 Å². The topological polar surface area (TPSA) is 44.8 Å². The minimum absolute atomic E-state index is 0.0836. The summed E-state index contributed by atoms with van der Waals surface area (Å²) in [5.74, 6) is 0.587. The summed E-state index contributed by atoms with van der Waals surface area (Å²) in [4.78, 5) is 17.2. The predicted molar refractivity (Wildman–Crippen MR) is 91.5 cm³/mol. The van der Waals surface area contributed by atoms with Crippen LogP contribution < -0.4 is 5.32 Å². The van der Waals surface area contributed by atoms with E-state index in [1.165, 1.54) is 38.6 Å². The lowest BCUT2D eigenvalue weighted by Crippen LogP contribution is -2.56. The number of nitrogens with zero attached hydrogens (tertiary/aromatic N) is 2. The minimum atomic E-state index is 0.0836. The van der Waals surface area contributed by atoms with E-state index in [0.29, 0.717) is 19.0 Å². The number of hydrogen-bond acceptors (Lipinski definition) is 3. The Morgan fingerprint density at radius 1 is 1.09 bits per heavy atom. The number of nitrogens with one attached hydrogen (secondary N) is 1. The third-order valence-corrected chi connectivity index (χ3v) is 5.85. The molecule has 3 fully saturated rings. The summed E-state index contributed by atoms with van der Waals surface area (Å²) in [5.41, 5.74) is 0. The van der Waals surface area contributed by atoms with Gasteiger partial charge in [0, 0.05) is 31.7 Å². The smallest absolute Gasteiger partial charge is 0.317 e. The van der Waals surface area contributed by atoms with Crippen molar-refractivity contribution in [2.75, 3.05) is 26.2 Å². The normalized spacial score (nSPS) is 34.7. The van der Waals surface area contributed by atoms with Crippen LogP contribution in [-0.2, 0) is 4.74 Å². The summed E-state index contributed by atoms with van der Waals surface area (Å²) in [6, 6.07) is 1.15. The number of rotatable bonds is 3. The second kappa shape index (κ2) is 7.39. The van der Waals surface area contributed by atoms with Crippen molar-refractivity contribution in [2.24, 2.45) is 5.92 Å². The fourth-order valence-electron chi connectivity index (χ4n) is 4.28. The first kappa shape index (κ1) is 17.0. The van der Waals surface area contributed by atoms with Crippen molar-refractivity contribution in [1.29, 1.82) is 0 Å². The van der Waals surface area contributed by atoms with Crippen LogP contribution in [-0.4, -0.2) is 66.3 Å². The predicted octanol–water partition coefficient (Wildman–Crippen LogP) is 2.46. The van der Waals surface area contributed by atoms with Gasteiger partial charge < -0.3 is 19.9 Å². The maximum Gasteiger partial charge on any atom is 0.317 e. The first-order valence-electron chi connectivity index (χ1n) is 9.48. The quantitative estimate of drug-likeness (QED) is 0.868. The fourth-order valence-corrected chi connectivity index (χ4v) is 4.28. The molecule has 4 atom stereocenters. The van der Waals surface area contributed by atoms with Crippen molar-refractivity contribution < 1.29 is 9.53 Å². The van der Waals surface area contributed by atoms with Gasteiger partial charge in [-0.05, 0) is 58.9 Å². The van der Waals surface area contributed by atoms with Crippen molar-refractivity contribution in [2.45, 2.75) is 77.2 Å². The number of carbonyl (C=O) groups is 1. The van der Waals surface area contributed by atoms with Gasteiger partial charge in [0.15, 0.2) is 0 Å². The van der Waals surface area contributed by atoms with Gasteiger partial charge in [-0.15, -0.1) is 0 Å². The molecule has 2 amide bonds. The molecular weight excluding hydrogens is 290 g/mol. The van der Waals surface area contributed by atoms with E-state index in [9.17, 15) is 4.79 Å². The molecular formula is C18H33N3O2. The first-order chi connectivity index (χ1) is 11.0. The van der Waals surface area contributed by atoms with Gasteiger partial charge in [0.1, 0.15) is 0 Å². The van der Waals surface area contributed by atoms with Crippen LogP contribution in [0.25, 0.3) is 0 Å². The lowest BCUT2D eigenvalue weighted by Gasteiger charge is -2.44. The largest absolute Gasteiger partial charge is 0.372 e. The Bertz CT molecular complexity index is 403. The minimum Gasteiger partial charge on any atom is -0.372 e. The molecule has 1 saturated carbocycles. The van der Waals surface area contributed by atoms with Crippen LogP contribution in [0.4, 0.5) is 4.79 Å². The van der Waals surface area contributed by atoms with Crippen molar-refractivity contribution in [1.82, 2.24) is 15.1 Å². The zero-order valence-electron chi connectivity index (χ0n) is 15.0. The SMILES string of the molecule is C[C@@H]1CN(C(=O)N[C@H](C)[C@@H]2CCCN(C3CCC3)C2)C[C@H](C)O1. The highest BCUT2D eigenvalue weighted by atomic mass is 16.5. The Hall–Kier alpha value is -0.810. The second-order valence-electron chi connectivity index (χ2n) is 7.88.